The van der Waals surface area contributed by atoms with Crippen LogP contribution in [0.3, 0.4) is 0 Å². The lowest BCUT2D eigenvalue weighted by molar-refractivity contribution is -0.385. The fraction of sp³-hybridized carbons (Fsp3) is 0.312. The van der Waals surface area contributed by atoms with E-state index in [4.69, 9.17) is 4.74 Å². The molecule has 2 aromatic heterocycles. The van der Waals surface area contributed by atoms with Crippen LogP contribution >= 0.6 is 11.8 Å². The second kappa shape index (κ2) is 8.16. The Morgan fingerprint density at radius 3 is 2.70 bits per heavy atom. The van der Waals surface area contributed by atoms with Crippen molar-refractivity contribution >= 4 is 17.4 Å². The minimum Gasteiger partial charge on any atom is -0.483 e. The fourth-order valence-electron chi connectivity index (χ4n) is 2.42. The molecule has 27 heavy (non-hydrogen) atoms. The Labute approximate surface area is 158 Å². The SMILES string of the molecule is CCn1c(SCn2cc([N+](=O)[O-])cn2)nnc1C(C)Oc1ccc(F)cc1. The van der Waals surface area contributed by atoms with E-state index in [1.165, 1.54) is 41.0 Å². The molecule has 0 amide bonds. The minimum atomic E-state index is -0.491. The highest BCUT2D eigenvalue weighted by atomic mass is 32.2. The van der Waals surface area contributed by atoms with Crippen molar-refractivity contribution in [2.75, 3.05) is 0 Å². The Morgan fingerprint density at radius 1 is 1.33 bits per heavy atom. The average molecular weight is 392 g/mol. The molecule has 1 atom stereocenters. The zero-order valence-corrected chi connectivity index (χ0v) is 15.5. The highest BCUT2D eigenvalue weighted by molar-refractivity contribution is 7.98. The van der Waals surface area contributed by atoms with Gasteiger partial charge in [0.05, 0.1) is 10.8 Å². The first-order chi connectivity index (χ1) is 13.0. The van der Waals surface area contributed by atoms with E-state index >= 15 is 0 Å². The summed E-state index contributed by atoms with van der Waals surface area (Å²) in [6.45, 7) is 4.42. The monoisotopic (exact) mass is 392 g/mol. The van der Waals surface area contributed by atoms with Gasteiger partial charge in [0.2, 0.25) is 0 Å². The molecule has 3 rings (SSSR count). The quantitative estimate of drug-likeness (QED) is 0.329. The molecule has 0 aliphatic carbocycles. The van der Waals surface area contributed by atoms with Crippen LogP contribution in [0.5, 0.6) is 5.75 Å². The van der Waals surface area contributed by atoms with Crippen molar-refractivity contribution in [3.63, 3.8) is 0 Å². The van der Waals surface area contributed by atoms with Gasteiger partial charge in [0, 0.05) is 6.54 Å². The number of rotatable bonds is 8. The Balaban J connectivity index is 1.69. The summed E-state index contributed by atoms with van der Waals surface area (Å²) in [6.07, 6.45) is 2.18. The van der Waals surface area contributed by atoms with Gasteiger partial charge in [0.1, 0.15) is 24.0 Å². The number of hydrogen-bond acceptors (Lipinski definition) is 7. The second-order valence-electron chi connectivity index (χ2n) is 5.57. The van der Waals surface area contributed by atoms with Gasteiger partial charge in [-0.05, 0) is 38.1 Å². The molecule has 0 saturated carbocycles. The van der Waals surface area contributed by atoms with Crippen molar-refractivity contribution < 1.29 is 14.1 Å². The number of nitrogens with zero attached hydrogens (tertiary/aromatic N) is 6. The van der Waals surface area contributed by atoms with Gasteiger partial charge in [-0.3, -0.25) is 14.8 Å². The number of benzene rings is 1. The number of thioether (sulfide) groups is 1. The van der Waals surface area contributed by atoms with Crippen molar-refractivity contribution in [2.45, 2.75) is 37.5 Å². The first-order valence-electron chi connectivity index (χ1n) is 8.13. The van der Waals surface area contributed by atoms with E-state index in [9.17, 15) is 14.5 Å². The fourth-order valence-corrected chi connectivity index (χ4v) is 3.28. The maximum absolute atomic E-state index is 13.0. The molecule has 1 aromatic carbocycles. The van der Waals surface area contributed by atoms with Crippen molar-refractivity contribution in [1.82, 2.24) is 24.5 Å². The third-order valence-electron chi connectivity index (χ3n) is 3.71. The van der Waals surface area contributed by atoms with E-state index in [2.05, 4.69) is 15.3 Å². The zero-order valence-electron chi connectivity index (χ0n) is 14.6. The third kappa shape index (κ3) is 4.42. The number of ether oxygens (including phenoxy) is 1. The molecule has 0 bridgehead atoms. The van der Waals surface area contributed by atoms with Crippen LogP contribution in [0.4, 0.5) is 10.1 Å². The first-order valence-corrected chi connectivity index (χ1v) is 9.11. The van der Waals surface area contributed by atoms with Crippen molar-refractivity contribution in [2.24, 2.45) is 0 Å². The van der Waals surface area contributed by atoms with Gasteiger partial charge in [-0.15, -0.1) is 10.2 Å². The molecule has 1 unspecified atom stereocenters. The highest BCUT2D eigenvalue weighted by Gasteiger charge is 2.19. The average Bonchev–Trinajstić information content (AvgIpc) is 3.28. The maximum Gasteiger partial charge on any atom is 0.307 e. The van der Waals surface area contributed by atoms with Crippen LogP contribution in [-0.4, -0.2) is 29.5 Å². The van der Waals surface area contributed by atoms with E-state index in [0.717, 1.165) is 0 Å². The van der Waals surface area contributed by atoms with Crippen LogP contribution in [0.2, 0.25) is 0 Å². The smallest absolute Gasteiger partial charge is 0.307 e. The standard InChI is InChI=1S/C16H17FN6O3S/c1-3-22-15(11(2)26-14-6-4-12(17)5-7-14)19-20-16(22)27-10-21-9-13(8-18-21)23(24)25/h4-9,11H,3,10H2,1-2H3. The topological polar surface area (TPSA) is 101 Å². The minimum absolute atomic E-state index is 0.0606. The van der Waals surface area contributed by atoms with Crippen LogP contribution < -0.4 is 4.74 Å². The molecule has 0 radical (unpaired) electrons. The summed E-state index contributed by atoms with van der Waals surface area (Å²) in [5, 5.41) is 23.7. The maximum atomic E-state index is 13.0. The van der Waals surface area contributed by atoms with E-state index in [1.807, 2.05) is 18.4 Å². The molecule has 0 aliphatic rings. The van der Waals surface area contributed by atoms with Gasteiger partial charge >= 0.3 is 5.69 Å². The lowest BCUT2D eigenvalue weighted by Gasteiger charge is -2.15. The molecular weight excluding hydrogens is 375 g/mol. The number of aromatic nitrogens is 5. The summed E-state index contributed by atoms with van der Waals surface area (Å²) in [5.74, 6) is 1.20. The summed E-state index contributed by atoms with van der Waals surface area (Å²) in [4.78, 5) is 10.2. The molecule has 0 fully saturated rings. The largest absolute Gasteiger partial charge is 0.483 e. The second-order valence-corrected chi connectivity index (χ2v) is 6.48. The van der Waals surface area contributed by atoms with Crippen LogP contribution in [0.25, 0.3) is 0 Å². The molecule has 0 spiro atoms. The van der Waals surface area contributed by atoms with E-state index in [-0.39, 0.29) is 17.6 Å². The third-order valence-corrected chi connectivity index (χ3v) is 4.66. The molecule has 0 N–H and O–H groups in total. The summed E-state index contributed by atoms with van der Waals surface area (Å²) in [5.41, 5.74) is -0.0606. The molecule has 2 heterocycles. The van der Waals surface area contributed by atoms with E-state index in [1.54, 1.807) is 12.1 Å². The van der Waals surface area contributed by atoms with Gasteiger partial charge in [-0.2, -0.15) is 5.10 Å². The molecule has 0 aliphatic heterocycles. The number of nitro groups is 1. The van der Waals surface area contributed by atoms with Crippen molar-refractivity contribution in [1.29, 1.82) is 0 Å². The molecular formula is C16H17FN6O3S. The lowest BCUT2D eigenvalue weighted by Crippen LogP contribution is -2.12. The van der Waals surface area contributed by atoms with E-state index < -0.39 is 4.92 Å². The molecule has 142 valence electrons. The molecule has 3 aromatic rings. The lowest BCUT2D eigenvalue weighted by atomic mass is 10.3. The summed E-state index contributed by atoms with van der Waals surface area (Å²) in [7, 11) is 0. The van der Waals surface area contributed by atoms with Gasteiger partial charge in [-0.1, -0.05) is 11.8 Å². The van der Waals surface area contributed by atoms with E-state index in [0.29, 0.717) is 29.2 Å². The summed E-state index contributed by atoms with van der Waals surface area (Å²) >= 11 is 1.36. The Hall–Kier alpha value is -2.95. The predicted molar refractivity (Wildman–Crippen MR) is 95.9 cm³/mol. The predicted octanol–water partition coefficient (Wildman–Crippen LogP) is 3.43. The van der Waals surface area contributed by atoms with Crippen LogP contribution in [-0.2, 0) is 12.4 Å². The zero-order chi connectivity index (χ0) is 19.4. The van der Waals surface area contributed by atoms with Crippen molar-refractivity contribution in [3.8, 4) is 5.75 Å². The number of hydrogen-bond donors (Lipinski definition) is 0. The molecule has 0 saturated heterocycles. The van der Waals surface area contributed by atoms with Gasteiger partial charge in [0.15, 0.2) is 17.1 Å². The Kier molecular flexibility index (Phi) is 5.69. The van der Waals surface area contributed by atoms with Crippen LogP contribution in [0.1, 0.15) is 25.8 Å². The summed E-state index contributed by atoms with van der Waals surface area (Å²) in [6, 6.07) is 5.77. The summed E-state index contributed by atoms with van der Waals surface area (Å²) < 4.78 is 22.2. The van der Waals surface area contributed by atoms with Crippen molar-refractivity contribution in [3.05, 3.63) is 58.4 Å². The molecule has 11 heteroatoms. The molecule has 9 nitrogen and oxygen atoms in total. The Morgan fingerprint density at radius 2 is 2.07 bits per heavy atom. The van der Waals surface area contributed by atoms with Crippen LogP contribution in [0.15, 0.2) is 41.8 Å². The van der Waals surface area contributed by atoms with Gasteiger partial charge in [0.25, 0.3) is 0 Å². The van der Waals surface area contributed by atoms with Gasteiger partial charge in [-0.25, -0.2) is 4.39 Å². The first kappa shape index (κ1) is 18.8. The highest BCUT2D eigenvalue weighted by Crippen LogP contribution is 2.25. The normalized spacial score (nSPS) is 12.1. The number of halogens is 1. The Bertz CT molecular complexity index is 927. The van der Waals surface area contributed by atoms with Gasteiger partial charge < -0.3 is 9.30 Å². The van der Waals surface area contributed by atoms with Crippen LogP contribution in [0, 0.1) is 15.9 Å².